The van der Waals surface area contributed by atoms with Crippen molar-refractivity contribution in [1.29, 1.82) is 0 Å². The quantitative estimate of drug-likeness (QED) is 0.788. The number of hydrogen-bond donors (Lipinski definition) is 2. The van der Waals surface area contributed by atoms with Crippen molar-refractivity contribution in [3.8, 4) is 0 Å². The summed E-state index contributed by atoms with van der Waals surface area (Å²) in [5, 5.41) is 19.5. The summed E-state index contributed by atoms with van der Waals surface area (Å²) < 4.78 is 0. The van der Waals surface area contributed by atoms with Crippen molar-refractivity contribution in [2.75, 3.05) is 19.7 Å². The van der Waals surface area contributed by atoms with Crippen LogP contribution in [0.3, 0.4) is 0 Å². The first-order valence-corrected chi connectivity index (χ1v) is 7.64. The molecule has 0 aliphatic heterocycles. The van der Waals surface area contributed by atoms with Crippen molar-refractivity contribution >= 4 is 0 Å². The molecule has 0 aromatic heterocycles. The van der Waals surface area contributed by atoms with Crippen molar-refractivity contribution in [3.63, 3.8) is 0 Å². The van der Waals surface area contributed by atoms with Crippen LogP contribution in [0.25, 0.3) is 0 Å². The second kappa shape index (κ2) is 6.36. The van der Waals surface area contributed by atoms with E-state index in [1.54, 1.807) is 0 Å². The molecular weight excluding hydrogens is 226 g/mol. The molecule has 0 saturated heterocycles. The van der Waals surface area contributed by atoms with Gasteiger partial charge in [-0.3, -0.25) is 4.90 Å². The topological polar surface area (TPSA) is 43.7 Å². The maximum Gasteiger partial charge on any atom is 0.0585 e. The molecule has 2 aliphatic carbocycles. The van der Waals surface area contributed by atoms with E-state index in [-0.39, 0.29) is 12.7 Å². The van der Waals surface area contributed by atoms with Gasteiger partial charge in [0, 0.05) is 25.0 Å². The average molecular weight is 255 g/mol. The van der Waals surface area contributed by atoms with Gasteiger partial charge < -0.3 is 10.2 Å². The molecule has 0 aromatic rings. The van der Waals surface area contributed by atoms with E-state index in [4.69, 9.17) is 0 Å². The second-order valence-corrected chi connectivity index (χ2v) is 6.59. The van der Waals surface area contributed by atoms with E-state index >= 15 is 0 Å². The first-order valence-electron chi connectivity index (χ1n) is 7.64. The van der Waals surface area contributed by atoms with Crippen molar-refractivity contribution in [1.82, 2.24) is 4.90 Å². The molecule has 4 unspecified atom stereocenters. The molecule has 106 valence electrons. The van der Waals surface area contributed by atoms with Crippen LogP contribution in [-0.2, 0) is 0 Å². The predicted molar refractivity (Wildman–Crippen MR) is 73.4 cm³/mol. The van der Waals surface area contributed by atoms with E-state index in [1.165, 1.54) is 25.7 Å². The molecule has 0 spiro atoms. The van der Waals surface area contributed by atoms with Crippen LogP contribution in [0.4, 0.5) is 0 Å². The monoisotopic (exact) mass is 255 g/mol. The number of rotatable bonds is 5. The van der Waals surface area contributed by atoms with Crippen LogP contribution in [-0.4, -0.2) is 47.0 Å². The summed E-state index contributed by atoms with van der Waals surface area (Å²) >= 11 is 0. The Morgan fingerprint density at radius 3 is 2.39 bits per heavy atom. The smallest absolute Gasteiger partial charge is 0.0585 e. The van der Waals surface area contributed by atoms with E-state index in [1.807, 2.05) is 0 Å². The molecular formula is C15H29NO2. The Morgan fingerprint density at radius 2 is 1.89 bits per heavy atom. The van der Waals surface area contributed by atoms with Crippen molar-refractivity contribution < 1.29 is 10.2 Å². The van der Waals surface area contributed by atoms with Crippen molar-refractivity contribution in [2.24, 2.45) is 17.8 Å². The van der Waals surface area contributed by atoms with Gasteiger partial charge in [0.2, 0.25) is 0 Å². The first kappa shape index (κ1) is 14.3. The van der Waals surface area contributed by atoms with Crippen molar-refractivity contribution in [3.05, 3.63) is 0 Å². The largest absolute Gasteiger partial charge is 0.395 e. The summed E-state index contributed by atoms with van der Waals surface area (Å²) in [6.07, 6.45) is 5.91. The van der Waals surface area contributed by atoms with Crippen LogP contribution in [0.2, 0.25) is 0 Å². The summed E-state index contributed by atoms with van der Waals surface area (Å²) in [6.45, 7) is 6.51. The Morgan fingerprint density at radius 1 is 1.17 bits per heavy atom. The van der Waals surface area contributed by atoms with Crippen LogP contribution < -0.4 is 0 Å². The van der Waals surface area contributed by atoms with Gasteiger partial charge in [-0.15, -0.1) is 0 Å². The fourth-order valence-electron chi connectivity index (χ4n) is 3.75. The minimum atomic E-state index is -0.148. The van der Waals surface area contributed by atoms with Gasteiger partial charge in [-0.05, 0) is 37.5 Å². The molecule has 2 N–H and O–H groups in total. The molecule has 3 heteroatoms. The number of aliphatic hydroxyl groups excluding tert-OH is 2. The fraction of sp³-hybridized carbons (Fsp3) is 1.00. The zero-order chi connectivity index (χ0) is 13.1. The number of hydrogen-bond acceptors (Lipinski definition) is 3. The Labute approximate surface area is 111 Å². The molecule has 3 nitrogen and oxygen atoms in total. The van der Waals surface area contributed by atoms with Crippen LogP contribution in [0, 0.1) is 17.8 Å². The lowest BCUT2D eigenvalue weighted by atomic mass is 9.73. The molecule has 0 amide bonds. The molecule has 0 aromatic carbocycles. The maximum atomic E-state index is 10.3. The number of aliphatic hydroxyl groups is 2. The normalized spacial score (nSPS) is 37.8. The SMILES string of the molecule is CC1CC(C)C(CN(CCO)C2CCC2)C(O)C1. The standard InChI is InChI=1S/C15H29NO2/c1-11-8-12(2)14(15(18)9-11)10-16(6-7-17)13-4-3-5-13/h11-15,17-18H,3-10H2,1-2H3. The zero-order valence-corrected chi connectivity index (χ0v) is 11.9. The predicted octanol–water partition coefficient (Wildman–Crippen LogP) is 1.88. The minimum absolute atomic E-state index is 0.148. The van der Waals surface area contributed by atoms with Crippen LogP contribution in [0.5, 0.6) is 0 Å². The van der Waals surface area contributed by atoms with Gasteiger partial charge in [-0.2, -0.15) is 0 Å². The highest BCUT2D eigenvalue weighted by molar-refractivity contribution is 4.88. The highest BCUT2D eigenvalue weighted by atomic mass is 16.3. The van der Waals surface area contributed by atoms with Gasteiger partial charge in [-0.25, -0.2) is 0 Å². The Bertz CT molecular complexity index is 243. The lowest BCUT2D eigenvalue weighted by Gasteiger charge is -2.44. The Balaban J connectivity index is 1.92. The lowest BCUT2D eigenvalue weighted by Crippen LogP contribution is -2.49. The van der Waals surface area contributed by atoms with Crippen LogP contribution in [0.15, 0.2) is 0 Å². The molecule has 0 bridgehead atoms. The summed E-state index contributed by atoms with van der Waals surface area (Å²) in [7, 11) is 0. The lowest BCUT2D eigenvalue weighted by molar-refractivity contribution is -0.0198. The summed E-state index contributed by atoms with van der Waals surface area (Å²) in [5.74, 6) is 1.65. The van der Waals surface area contributed by atoms with Gasteiger partial charge in [0.25, 0.3) is 0 Å². The van der Waals surface area contributed by atoms with Crippen molar-refractivity contribution in [2.45, 2.75) is 58.1 Å². The van der Waals surface area contributed by atoms with Gasteiger partial charge in [0.05, 0.1) is 12.7 Å². The minimum Gasteiger partial charge on any atom is -0.395 e. The molecule has 2 aliphatic rings. The van der Waals surface area contributed by atoms with Gasteiger partial charge in [0.1, 0.15) is 0 Å². The van der Waals surface area contributed by atoms with Crippen LogP contribution in [0.1, 0.15) is 46.0 Å². The highest BCUT2D eigenvalue weighted by Crippen LogP contribution is 2.35. The third kappa shape index (κ3) is 3.25. The molecule has 0 heterocycles. The van der Waals surface area contributed by atoms with Gasteiger partial charge >= 0.3 is 0 Å². The third-order valence-corrected chi connectivity index (χ3v) is 5.07. The zero-order valence-electron chi connectivity index (χ0n) is 11.9. The first-order chi connectivity index (χ1) is 8.61. The van der Waals surface area contributed by atoms with E-state index in [0.29, 0.717) is 23.8 Å². The van der Waals surface area contributed by atoms with E-state index in [0.717, 1.165) is 19.5 Å². The molecule has 2 saturated carbocycles. The highest BCUT2D eigenvalue weighted by Gasteiger charge is 2.35. The number of nitrogens with zero attached hydrogens (tertiary/aromatic N) is 1. The molecule has 0 radical (unpaired) electrons. The van der Waals surface area contributed by atoms with E-state index < -0.39 is 0 Å². The van der Waals surface area contributed by atoms with Gasteiger partial charge in [-0.1, -0.05) is 20.3 Å². The van der Waals surface area contributed by atoms with Crippen LogP contribution >= 0.6 is 0 Å². The Hall–Kier alpha value is -0.120. The molecule has 2 rings (SSSR count). The second-order valence-electron chi connectivity index (χ2n) is 6.59. The summed E-state index contributed by atoms with van der Waals surface area (Å²) in [6, 6.07) is 0.663. The fourth-order valence-corrected chi connectivity index (χ4v) is 3.75. The average Bonchev–Trinajstić information content (AvgIpc) is 2.20. The Kier molecular flexibility index (Phi) is 5.05. The van der Waals surface area contributed by atoms with E-state index in [2.05, 4.69) is 18.7 Å². The summed E-state index contributed by atoms with van der Waals surface area (Å²) in [5.41, 5.74) is 0. The van der Waals surface area contributed by atoms with Gasteiger partial charge in [0.15, 0.2) is 0 Å². The molecule has 4 atom stereocenters. The van der Waals surface area contributed by atoms with E-state index in [9.17, 15) is 10.2 Å². The maximum absolute atomic E-state index is 10.3. The summed E-state index contributed by atoms with van der Waals surface area (Å²) in [4.78, 5) is 2.42. The molecule has 2 fully saturated rings. The molecule has 18 heavy (non-hydrogen) atoms. The third-order valence-electron chi connectivity index (χ3n) is 5.07.